The Bertz CT molecular complexity index is 1010. The lowest BCUT2D eigenvalue weighted by Gasteiger charge is -2.26. The number of hydrogen-bond donors (Lipinski definition) is 3. The molecule has 2 aromatic heterocycles. The van der Waals surface area contributed by atoms with Crippen LogP contribution in [0.15, 0.2) is 29.3 Å². The van der Waals surface area contributed by atoms with Gasteiger partial charge in [0.15, 0.2) is 11.5 Å². The predicted molar refractivity (Wildman–Crippen MR) is 109 cm³/mol. The fourth-order valence-electron chi connectivity index (χ4n) is 3.44. The lowest BCUT2D eigenvalue weighted by Crippen LogP contribution is -2.46. The van der Waals surface area contributed by atoms with Crippen molar-refractivity contribution in [1.29, 1.82) is 0 Å². The highest BCUT2D eigenvalue weighted by atomic mass is 79.9. The van der Waals surface area contributed by atoms with E-state index in [1.54, 1.807) is 6.33 Å². The van der Waals surface area contributed by atoms with Crippen LogP contribution in [0.2, 0.25) is 5.02 Å². The maximum absolute atomic E-state index is 9.59. The van der Waals surface area contributed by atoms with Crippen molar-refractivity contribution in [3.63, 3.8) is 0 Å². The molecule has 142 valence electrons. The highest BCUT2D eigenvalue weighted by Gasteiger charge is 2.35. The first-order valence-corrected chi connectivity index (χ1v) is 9.61. The van der Waals surface area contributed by atoms with Crippen molar-refractivity contribution in [2.45, 2.75) is 18.5 Å². The first-order valence-electron chi connectivity index (χ1n) is 8.44. The Hall–Kier alpha value is -1.94. The van der Waals surface area contributed by atoms with Gasteiger partial charge in [0.25, 0.3) is 0 Å². The van der Waals surface area contributed by atoms with Crippen LogP contribution in [-0.2, 0) is 6.54 Å². The van der Waals surface area contributed by atoms with Crippen molar-refractivity contribution < 1.29 is 5.11 Å². The minimum Gasteiger partial charge on any atom is -0.394 e. The summed E-state index contributed by atoms with van der Waals surface area (Å²) < 4.78 is 2.80. The standard InChI is InChI=1S/C17H19BrClN7O/c18-12-3-10(19)4-13(25-2-1-17(21,6-25)7-27)11(12)5-26-9-24-14-15(20)22-8-23-16(14)26/h3-4,8-9,27H,1-2,5-7,21H2,(H2,20,22,23). The Morgan fingerprint density at radius 1 is 1.30 bits per heavy atom. The van der Waals surface area contributed by atoms with Crippen molar-refractivity contribution >= 4 is 50.2 Å². The Kier molecular flexibility index (Phi) is 4.71. The van der Waals surface area contributed by atoms with E-state index in [0.717, 1.165) is 22.3 Å². The molecule has 0 spiro atoms. The Morgan fingerprint density at radius 3 is 2.85 bits per heavy atom. The average Bonchev–Trinajstić information content (AvgIpc) is 3.23. The monoisotopic (exact) mass is 451 g/mol. The molecule has 27 heavy (non-hydrogen) atoms. The van der Waals surface area contributed by atoms with Crippen LogP contribution in [-0.4, -0.2) is 49.9 Å². The van der Waals surface area contributed by atoms with E-state index in [2.05, 4.69) is 35.8 Å². The SMILES string of the molecule is Nc1ncnc2c1ncn2Cc1c(Br)cc(Cl)cc1N1CCC(N)(CO)C1. The third-order valence-electron chi connectivity index (χ3n) is 4.94. The molecule has 0 aliphatic carbocycles. The van der Waals surface area contributed by atoms with Crippen LogP contribution in [0.1, 0.15) is 12.0 Å². The molecule has 1 atom stereocenters. The zero-order valence-corrected chi connectivity index (χ0v) is 16.8. The molecular formula is C17H19BrClN7O. The lowest BCUT2D eigenvalue weighted by atomic mass is 10.0. The van der Waals surface area contributed by atoms with Crippen LogP contribution in [0.3, 0.4) is 0 Å². The summed E-state index contributed by atoms with van der Waals surface area (Å²) in [6.07, 6.45) is 3.84. The maximum Gasteiger partial charge on any atom is 0.165 e. The number of rotatable bonds is 4. The van der Waals surface area contributed by atoms with Crippen LogP contribution in [0, 0.1) is 0 Å². The van der Waals surface area contributed by atoms with Gasteiger partial charge in [-0.05, 0) is 18.6 Å². The molecule has 3 heterocycles. The van der Waals surface area contributed by atoms with Gasteiger partial charge in [0.1, 0.15) is 11.8 Å². The molecule has 10 heteroatoms. The molecule has 0 amide bonds. The van der Waals surface area contributed by atoms with Crippen molar-refractivity contribution in [3.05, 3.63) is 39.8 Å². The van der Waals surface area contributed by atoms with Gasteiger partial charge in [0.05, 0.1) is 25.0 Å². The Labute approximate surface area is 169 Å². The van der Waals surface area contributed by atoms with Gasteiger partial charge in [0.2, 0.25) is 0 Å². The summed E-state index contributed by atoms with van der Waals surface area (Å²) in [6.45, 7) is 1.77. The number of nitrogen functional groups attached to an aromatic ring is 1. The third kappa shape index (κ3) is 3.36. The molecule has 4 rings (SSSR count). The summed E-state index contributed by atoms with van der Waals surface area (Å²) in [5.74, 6) is 0.351. The first kappa shape index (κ1) is 18.4. The van der Waals surface area contributed by atoms with E-state index in [0.29, 0.717) is 41.5 Å². The van der Waals surface area contributed by atoms with Crippen LogP contribution in [0.4, 0.5) is 11.5 Å². The largest absolute Gasteiger partial charge is 0.394 e. The summed E-state index contributed by atoms with van der Waals surface area (Å²) in [6, 6.07) is 3.79. The normalized spacial score (nSPS) is 19.9. The second kappa shape index (κ2) is 6.90. The molecule has 0 radical (unpaired) electrons. The summed E-state index contributed by atoms with van der Waals surface area (Å²) in [5, 5.41) is 10.2. The number of anilines is 2. The second-order valence-electron chi connectivity index (χ2n) is 6.88. The highest BCUT2D eigenvalue weighted by Crippen LogP contribution is 2.36. The zero-order valence-electron chi connectivity index (χ0n) is 14.4. The number of hydrogen-bond acceptors (Lipinski definition) is 7. The quantitative estimate of drug-likeness (QED) is 0.552. The number of nitrogens with two attached hydrogens (primary N) is 2. The van der Waals surface area contributed by atoms with E-state index in [1.807, 2.05) is 16.7 Å². The van der Waals surface area contributed by atoms with E-state index >= 15 is 0 Å². The number of imidazole rings is 1. The van der Waals surface area contributed by atoms with Crippen LogP contribution in [0.25, 0.3) is 11.2 Å². The number of halogens is 2. The highest BCUT2D eigenvalue weighted by molar-refractivity contribution is 9.10. The predicted octanol–water partition coefficient (Wildman–Crippen LogP) is 1.77. The van der Waals surface area contributed by atoms with Gasteiger partial charge in [-0.15, -0.1) is 0 Å². The van der Waals surface area contributed by atoms with E-state index in [9.17, 15) is 5.11 Å². The van der Waals surface area contributed by atoms with Gasteiger partial charge >= 0.3 is 0 Å². The van der Waals surface area contributed by atoms with Crippen molar-refractivity contribution in [3.8, 4) is 0 Å². The molecule has 1 fully saturated rings. The maximum atomic E-state index is 9.59. The summed E-state index contributed by atoms with van der Waals surface area (Å²) >= 11 is 9.94. The molecule has 5 N–H and O–H groups in total. The molecule has 1 saturated heterocycles. The van der Waals surface area contributed by atoms with E-state index in [4.69, 9.17) is 23.1 Å². The number of benzene rings is 1. The van der Waals surface area contributed by atoms with Crippen LogP contribution < -0.4 is 16.4 Å². The number of aromatic nitrogens is 4. The van der Waals surface area contributed by atoms with Crippen molar-refractivity contribution in [2.75, 3.05) is 30.3 Å². The van der Waals surface area contributed by atoms with Gasteiger partial charge in [-0.3, -0.25) is 0 Å². The minimum atomic E-state index is -0.602. The van der Waals surface area contributed by atoms with Crippen LogP contribution in [0.5, 0.6) is 0 Å². The number of aliphatic hydroxyl groups excluding tert-OH is 1. The van der Waals surface area contributed by atoms with E-state index in [-0.39, 0.29) is 6.61 Å². The first-order chi connectivity index (χ1) is 12.9. The summed E-state index contributed by atoms with van der Waals surface area (Å²) in [5.41, 5.74) is 14.8. The van der Waals surface area contributed by atoms with Gasteiger partial charge in [-0.1, -0.05) is 27.5 Å². The fourth-order valence-corrected chi connectivity index (χ4v) is 4.36. The molecule has 3 aromatic rings. The van der Waals surface area contributed by atoms with Crippen molar-refractivity contribution in [2.24, 2.45) is 5.73 Å². The summed E-state index contributed by atoms with van der Waals surface area (Å²) in [4.78, 5) is 14.8. The molecule has 0 bridgehead atoms. The smallest absolute Gasteiger partial charge is 0.165 e. The molecule has 0 saturated carbocycles. The Morgan fingerprint density at radius 2 is 2.11 bits per heavy atom. The number of fused-ring (bicyclic) bond motifs is 1. The van der Waals surface area contributed by atoms with Crippen molar-refractivity contribution in [1.82, 2.24) is 19.5 Å². The minimum absolute atomic E-state index is 0.0527. The molecule has 1 unspecified atom stereocenters. The number of nitrogens with zero attached hydrogens (tertiary/aromatic N) is 5. The molecule has 8 nitrogen and oxygen atoms in total. The molecule has 1 aliphatic rings. The summed E-state index contributed by atoms with van der Waals surface area (Å²) in [7, 11) is 0. The fraction of sp³-hybridized carbons (Fsp3) is 0.353. The topological polar surface area (TPSA) is 119 Å². The van der Waals surface area contributed by atoms with E-state index < -0.39 is 5.54 Å². The third-order valence-corrected chi connectivity index (χ3v) is 5.86. The van der Waals surface area contributed by atoms with Crippen LogP contribution >= 0.6 is 27.5 Å². The average molecular weight is 453 g/mol. The molecular weight excluding hydrogens is 434 g/mol. The zero-order chi connectivity index (χ0) is 19.2. The van der Waals surface area contributed by atoms with Gasteiger partial charge in [-0.2, -0.15) is 0 Å². The van der Waals surface area contributed by atoms with Gasteiger partial charge in [-0.25, -0.2) is 15.0 Å². The van der Waals surface area contributed by atoms with Gasteiger partial charge in [0, 0.05) is 33.8 Å². The van der Waals surface area contributed by atoms with E-state index in [1.165, 1.54) is 6.33 Å². The Balaban J connectivity index is 1.75. The number of aliphatic hydroxyl groups is 1. The molecule has 1 aromatic carbocycles. The molecule has 1 aliphatic heterocycles. The lowest BCUT2D eigenvalue weighted by molar-refractivity contribution is 0.210. The van der Waals surface area contributed by atoms with Gasteiger partial charge < -0.3 is 26.0 Å². The second-order valence-corrected chi connectivity index (χ2v) is 8.17.